The molecule has 0 saturated heterocycles. The number of ether oxygens (including phenoxy) is 1. The molecule has 1 aliphatic carbocycles. The second-order valence-electron chi connectivity index (χ2n) is 6.97. The van der Waals surface area contributed by atoms with Crippen molar-refractivity contribution in [3.63, 3.8) is 0 Å². The average Bonchev–Trinajstić information content (AvgIpc) is 2.97. The standard InChI is InChI=1S/C20H28FNO4S/c1-15-9-11-16(12-10-15)27(24,25)22-19-14-13-18(21)17(19)7-5-3-4-6-8-20(23)26-2/h3,5,9-12,17-19,22H,4,6-8,13-14H2,1-2H3/b5-3-/t17-,18+,19-/m0/s1. The van der Waals surface area contributed by atoms with Crippen molar-refractivity contribution in [1.82, 2.24) is 4.72 Å². The highest BCUT2D eigenvalue weighted by molar-refractivity contribution is 7.89. The number of aryl methyl sites for hydroxylation is 1. The number of methoxy groups -OCH3 is 1. The molecule has 1 fully saturated rings. The molecule has 0 bridgehead atoms. The highest BCUT2D eigenvalue weighted by Gasteiger charge is 2.37. The monoisotopic (exact) mass is 397 g/mol. The van der Waals surface area contributed by atoms with Crippen LogP contribution in [0.4, 0.5) is 4.39 Å². The SMILES string of the molecule is COC(=O)CCC/C=C\C[C@H]1[C@H](F)CC[C@@H]1NS(=O)(=O)c1ccc(C)cc1. The van der Waals surface area contributed by atoms with E-state index in [2.05, 4.69) is 9.46 Å². The number of nitrogens with one attached hydrogen (secondary N) is 1. The van der Waals surface area contributed by atoms with Gasteiger partial charge in [0.05, 0.1) is 12.0 Å². The summed E-state index contributed by atoms with van der Waals surface area (Å²) in [6.45, 7) is 1.89. The van der Waals surface area contributed by atoms with E-state index in [4.69, 9.17) is 0 Å². The normalized spacial score (nSPS) is 23.0. The first-order chi connectivity index (χ1) is 12.8. The number of hydrogen-bond acceptors (Lipinski definition) is 4. The lowest BCUT2D eigenvalue weighted by molar-refractivity contribution is -0.140. The molecule has 1 aromatic carbocycles. The lowest BCUT2D eigenvalue weighted by Crippen LogP contribution is -2.38. The Morgan fingerprint density at radius 1 is 1.26 bits per heavy atom. The molecular formula is C20H28FNO4S. The number of alkyl halides is 1. The maximum absolute atomic E-state index is 14.3. The number of allylic oxidation sites excluding steroid dienone is 2. The van der Waals surface area contributed by atoms with Crippen LogP contribution in [0, 0.1) is 12.8 Å². The third-order valence-electron chi connectivity index (χ3n) is 4.93. The van der Waals surface area contributed by atoms with Crippen molar-refractivity contribution >= 4 is 16.0 Å². The topological polar surface area (TPSA) is 72.5 Å². The zero-order valence-corrected chi connectivity index (χ0v) is 16.7. The minimum atomic E-state index is -3.66. The molecule has 5 nitrogen and oxygen atoms in total. The van der Waals surface area contributed by atoms with Crippen molar-refractivity contribution in [3.8, 4) is 0 Å². The summed E-state index contributed by atoms with van der Waals surface area (Å²) >= 11 is 0. The van der Waals surface area contributed by atoms with Crippen molar-refractivity contribution in [1.29, 1.82) is 0 Å². The van der Waals surface area contributed by atoms with Crippen LogP contribution in [-0.4, -0.2) is 33.7 Å². The van der Waals surface area contributed by atoms with E-state index in [0.29, 0.717) is 38.5 Å². The van der Waals surface area contributed by atoms with Gasteiger partial charge in [-0.3, -0.25) is 4.79 Å². The minimum absolute atomic E-state index is 0.201. The van der Waals surface area contributed by atoms with Crippen LogP contribution in [0.3, 0.4) is 0 Å². The minimum Gasteiger partial charge on any atom is -0.469 e. The molecule has 3 atom stereocenters. The first kappa shape index (κ1) is 21.6. The molecule has 0 aliphatic heterocycles. The zero-order valence-electron chi connectivity index (χ0n) is 15.9. The largest absolute Gasteiger partial charge is 0.469 e. The summed E-state index contributed by atoms with van der Waals surface area (Å²) in [5.74, 6) is -0.615. The van der Waals surface area contributed by atoms with Gasteiger partial charge in [-0.1, -0.05) is 29.8 Å². The molecule has 0 radical (unpaired) electrons. The number of rotatable bonds is 9. The third kappa shape index (κ3) is 6.43. The number of esters is 1. The summed E-state index contributed by atoms with van der Waals surface area (Å²) in [6.07, 6.45) is 5.85. The van der Waals surface area contributed by atoms with Crippen LogP contribution < -0.4 is 4.72 Å². The molecule has 1 N–H and O–H groups in total. The van der Waals surface area contributed by atoms with E-state index in [1.54, 1.807) is 24.3 Å². The molecule has 7 heteroatoms. The Bertz CT molecular complexity index is 746. The molecule has 2 rings (SSSR count). The number of carbonyl (C=O) groups is 1. The van der Waals surface area contributed by atoms with Gasteiger partial charge >= 0.3 is 5.97 Å². The van der Waals surface area contributed by atoms with Crippen LogP contribution in [0.5, 0.6) is 0 Å². The fraction of sp³-hybridized carbons (Fsp3) is 0.550. The van der Waals surface area contributed by atoms with Crippen LogP contribution in [0.2, 0.25) is 0 Å². The molecule has 1 aromatic rings. The molecule has 1 aliphatic rings. The predicted molar refractivity (Wildman–Crippen MR) is 103 cm³/mol. The summed E-state index contributed by atoms with van der Waals surface area (Å²) in [4.78, 5) is 11.2. The Balaban J connectivity index is 1.90. The quantitative estimate of drug-likeness (QED) is 0.392. The fourth-order valence-electron chi connectivity index (χ4n) is 3.30. The van der Waals surface area contributed by atoms with Gasteiger partial charge in [0.1, 0.15) is 6.17 Å². The maximum Gasteiger partial charge on any atom is 0.305 e. The summed E-state index contributed by atoms with van der Waals surface area (Å²) in [6, 6.07) is 6.21. The van der Waals surface area contributed by atoms with Gasteiger partial charge in [-0.15, -0.1) is 0 Å². The van der Waals surface area contributed by atoms with E-state index in [1.807, 2.05) is 19.1 Å². The maximum atomic E-state index is 14.3. The second-order valence-corrected chi connectivity index (χ2v) is 8.69. The van der Waals surface area contributed by atoms with Crippen LogP contribution in [-0.2, 0) is 19.6 Å². The van der Waals surface area contributed by atoms with Crippen LogP contribution in [0.15, 0.2) is 41.3 Å². The average molecular weight is 398 g/mol. The van der Waals surface area contributed by atoms with Gasteiger partial charge < -0.3 is 4.74 Å². The summed E-state index contributed by atoms with van der Waals surface area (Å²) < 4.78 is 46.7. The highest BCUT2D eigenvalue weighted by atomic mass is 32.2. The van der Waals surface area contributed by atoms with Crippen LogP contribution >= 0.6 is 0 Å². The lowest BCUT2D eigenvalue weighted by atomic mass is 9.98. The number of benzene rings is 1. The number of unbranched alkanes of at least 4 members (excludes halogenated alkanes) is 1. The summed E-state index contributed by atoms with van der Waals surface area (Å²) in [5, 5.41) is 0. The Labute approximate surface area is 161 Å². The van der Waals surface area contributed by atoms with Crippen molar-refractivity contribution < 1.29 is 22.3 Å². The number of carbonyl (C=O) groups excluding carboxylic acids is 1. The molecule has 0 aromatic heterocycles. The highest BCUT2D eigenvalue weighted by Crippen LogP contribution is 2.33. The molecule has 27 heavy (non-hydrogen) atoms. The van der Waals surface area contributed by atoms with Gasteiger partial charge in [-0.2, -0.15) is 0 Å². The Morgan fingerprint density at radius 3 is 2.63 bits per heavy atom. The van der Waals surface area contributed by atoms with E-state index in [0.717, 1.165) is 5.56 Å². The molecule has 150 valence electrons. The van der Waals surface area contributed by atoms with Gasteiger partial charge in [0.15, 0.2) is 0 Å². The van der Waals surface area contributed by atoms with Gasteiger partial charge in [-0.05, 0) is 51.2 Å². The Hall–Kier alpha value is -1.73. The van der Waals surface area contributed by atoms with Gasteiger partial charge in [0, 0.05) is 18.4 Å². The van der Waals surface area contributed by atoms with Crippen molar-refractivity contribution in [2.45, 2.75) is 62.6 Å². The smallest absolute Gasteiger partial charge is 0.305 e. The number of halogens is 1. The molecule has 0 spiro atoms. The van der Waals surface area contributed by atoms with Gasteiger partial charge in [0.2, 0.25) is 10.0 Å². The van der Waals surface area contributed by atoms with Gasteiger partial charge in [0.25, 0.3) is 0 Å². The lowest BCUT2D eigenvalue weighted by Gasteiger charge is -2.21. The molecule has 0 amide bonds. The van der Waals surface area contributed by atoms with E-state index in [-0.39, 0.29) is 16.8 Å². The number of sulfonamides is 1. The Kier molecular flexibility index (Phi) is 7.98. The van der Waals surface area contributed by atoms with Crippen LogP contribution in [0.25, 0.3) is 0 Å². The van der Waals surface area contributed by atoms with Crippen LogP contribution in [0.1, 0.15) is 44.1 Å². The van der Waals surface area contributed by atoms with E-state index >= 15 is 0 Å². The molecule has 0 heterocycles. The first-order valence-electron chi connectivity index (χ1n) is 9.28. The first-order valence-corrected chi connectivity index (χ1v) is 10.8. The molecule has 0 unspecified atom stereocenters. The third-order valence-corrected chi connectivity index (χ3v) is 6.43. The zero-order chi connectivity index (χ0) is 19.9. The predicted octanol–water partition coefficient (Wildman–Crippen LogP) is 3.68. The van der Waals surface area contributed by atoms with E-state index in [1.165, 1.54) is 7.11 Å². The second kappa shape index (κ2) is 9.99. The fourth-order valence-corrected chi connectivity index (χ4v) is 4.62. The molecule has 1 saturated carbocycles. The van der Waals surface area contributed by atoms with Crippen molar-refractivity contribution in [3.05, 3.63) is 42.0 Å². The summed E-state index contributed by atoms with van der Waals surface area (Å²) in [5.41, 5.74) is 0.980. The Morgan fingerprint density at radius 2 is 1.96 bits per heavy atom. The number of hydrogen-bond donors (Lipinski definition) is 1. The van der Waals surface area contributed by atoms with E-state index in [9.17, 15) is 17.6 Å². The van der Waals surface area contributed by atoms with Crippen molar-refractivity contribution in [2.75, 3.05) is 7.11 Å². The van der Waals surface area contributed by atoms with E-state index < -0.39 is 22.2 Å². The molecular weight excluding hydrogens is 369 g/mol. The van der Waals surface area contributed by atoms with Crippen molar-refractivity contribution in [2.24, 2.45) is 5.92 Å². The summed E-state index contributed by atoms with van der Waals surface area (Å²) in [7, 11) is -2.30. The van der Waals surface area contributed by atoms with Gasteiger partial charge in [-0.25, -0.2) is 17.5 Å².